The van der Waals surface area contributed by atoms with E-state index < -0.39 is 0 Å². The van der Waals surface area contributed by atoms with Gasteiger partial charge in [0.15, 0.2) is 0 Å². The number of rotatable bonds is 4. The molecule has 1 aliphatic rings. The number of ether oxygens (including phenoxy) is 1. The molecule has 1 atom stereocenters. The van der Waals surface area contributed by atoms with Crippen molar-refractivity contribution >= 4 is 16.8 Å². The molecule has 144 valence electrons. The highest BCUT2D eigenvalue weighted by Gasteiger charge is 2.31. The van der Waals surface area contributed by atoms with Crippen LogP contribution >= 0.6 is 0 Å². The third-order valence-electron chi connectivity index (χ3n) is 5.60. The topological polar surface area (TPSA) is 45.7 Å². The van der Waals surface area contributed by atoms with Crippen molar-refractivity contribution in [1.82, 2.24) is 14.8 Å². The largest absolute Gasteiger partial charge is 0.494 e. The number of carbonyl (C=O) groups excluding carboxylic acids is 1. The number of hydrogen-bond donors (Lipinski definition) is 0. The highest BCUT2D eigenvalue weighted by atomic mass is 16.5. The zero-order chi connectivity index (χ0) is 19.7. The molecule has 1 unspecified atom stereocenters. The Hall–Kier alpha value is -2.92. The standard InChI is InChI=1S/C23H25N3O2/c1-25-14-17-8-5-4-7-16(17)13-20(25)23(27)26(2)15-18-10-11-21(28-3)22-19(18)9-6-12-24-22/h4-12,20H,13-15H2,1-3H3. The Morgan fingerprint density at radius 3 is 2.75 bits per heavy atom. The zero-order valence-corrected chi connectivity index (χ0v) is 16.6. The first kappa shape index (κ1) is 18.4. The van der Waals surface area contributed by atoms with Gasteiger partial charge in [-0.25, -0.2) is 0 Å². The van der Waals surface area contributed by atoms with Gasteiger partial charge in [-0.1, -0.05) is 36.4 Å². The quantitative estimate of drug-likeness (QED) is 0.702. The van der Waals surface area contributed by atoms with Crippen LogP contribution in [0.1, 0.15) is 16.7 Å². The van der Waals surface area contributed by atoms with E-state index in [4.69, 9.17) is 4.74 Å². The molecular formula is C23H25N3O2. The first-order valence-corrected chi connectivity index (χ1v) is 9.51. The summed E-state index contributed by atoms with van der Waals surface area (Å²) < 4.78 is 5.43. The summed E-state index contributed by atoms with van der Waals surface area (Å²) in [4.78, 5) is 21.7. The fraction of sp³-hybridized carbons (Fsp3) is 0.304. The van der Waals surface area contributed by atoms with Crippen LogP contribution in [0.2, 0.25) is 0 Å². The average molecular weight is 375 g/mol. The summed E-state index contributed by atoms with van der Waals surface area (Å²) in [5, 5.41) is 1.02. The second kappa shape index (κ2) is 7.60. The lowest BCUT2D eigenvalue weighted by Crippen LogP contribution is -2.48. The summed E-state index contributed by atoms with van der Waals surface area (Å²) in [6.07, 6.45) is 2.51. The fourth-order valence-corrected chi connectivity index (χ4v) is 4.03. The van der Waals surface area contributed by atoms with E-state index in [-0.39, 0.29) is 11.9 Å². The summed E-state index contributed by atoms with van der Waals surface area (Å²) in [7, 11) is 5.55. The molecule has 0 N–H and O–H groups in total. The molecule has 4 rings (SSSR count). The van der Waals surface area contributed by atoms with Crippen LogP contribution in [0, 0.1) is 0 Å². The predicted molar refractivity (Wildman–Crippen MR) is 110 cm³/mol. The van der Waals surface area contributed by atoms with E-state index in [0.29, 0.717) is 6.54 Å². The molecule has 5 nitrogen and oxygen atoms in total. The molecule has 2 aromatic carbocycles. The maximum absolute atomic E-state index is 13.2. The van der Waals surface area contributed by atoms with Crippen molar-refractivity contribution in [3.63, 3.8) is 0 Å². The smallest absolute Gasteiger partial charge is 0.240 e. The van der Waals surface area contributed by atoms with Crippen molar-refractivity contribution in [1.29, 1.82) is 0 Å². The molecule has 0 aliphatic carbocycles. The Morgan fingerprint density at radius 2 is 1.96 bits per heavy atom. The first-order chi connectivity index (χ1) is 13.6. The monoisotopic (exact) mass is 375 g/mol. The van der Waals surface area contributed by atoms with E-state index >= 15 is 0 Å². The van der Waals surface area contributed by atoms with Crippen molar-refractivity contribution in [2.45, 2.75) is 25.6 Å². The van der Waals surface area contributed by atoms with Gasteiger partial charge in [0.05, 0.1) is 13.2 Å². The molecule has 0 saturated heterocycles. The molecule has 1 aliphatic heterocycles. The van der Waals surface area contributed by atoms with Crippen LogP contribution in [0.15, 0.2) is 54.7 Å². The van der Waals surface area contributed by atoms with Gasteiger partial charge < -0.3 is 9.64 Å². The lowest BCUT2D eigenvalue weighted by molar-refractivity contribution is -0.136. The molecule has 1 amide bonds. The number of nitrogens with zero attached hydrogens (tertiary/aromatic N) is 3. The van der Waals surface area contributed by atoms with Crippen molar-refractivity contribution in [3.05, 3.63) is 71.4 Å². The first-order valence-electron chi connectivity index (χ1n) is 9.51. The van der Waals surface area contributed by atoms with E-state index in [0.717, 1.165) is 35.2 Å². The lowest BCUT2D eigenvalue weighted by Gasteiger charge is -2.35. The SMILES string of the molecule is COc1ccc(CN(C)C(=O)C2Cc3ccccc3CN2C)c2cccnc12. The number of methoxy groups -OCH3 is 1. The predicted octanol–water partition coefficient (Wildman–Crippen LogP) is 3.26. The van der Waals surface area contributed by atoms with Crippen LogP contribution in [0.5, 0.6) is 5.75 Å². The van der Waals surface area contributed by atoms with Gasteiger partial charge in [-0.2, -0.15) is 0 Å². The molecule has 0 fully saturated rings. The molecule has 28 heavy (non-hydrogen) atoms. The number of aromatic nitrogens is 1. The average Bonchev–Trinajstić information content (AvgIpc) is 2.73. The maximum atomic E-state index is 13.2. The van der Waals surface area contributed by atoms with E-state index in [2.05, 4.69) is 28.1 Å². The van der Waals surface area contributed by atoms with Gasteiger partial charge in [-0.15, -0.1) is 0 Å². The zero-order valence-electron chi connectivity index (χ0n) is 16.6. The molecule has 0 saturated carbocycles. The van der Waals surface area contributed by atoms with E-state index in [9.17, 15) is 4.79 Å². The highest BCUT2D eigenvalue weighted by molar-refractivity contribution is 5.88. The minimum atomic E-state index is -0.137. The van der Waals surface area contributed by atoms with Crippen LogP contribution in [0.4, 0.5) is 0 Å². The Balaban J connectivity index is 1.57. The van der Waals surface area contributed by atoms with Crippen molar-refractivity contribution in [3.8, 4) is 5.75 Å². The third kappa shape index (κ3) is 3.34. The summed E-state index contributed by atoms with van der Waals surface area (Å²) in [5.41, 5.74) is 4.47. The van der Waals surface area contributed by atoms with Gasteiger partial charge in [0.2, 0.25) is 5.91 Å². The van der Waals surface area contributed by atoms with Gasteiger partial charge in [0.1, 0.15) is 11.3 Å². The summed E-state index contributed by atoms with van der Waals surface area (Å²) in [5.74, 6) is 0.891. The van der Waals surface area contributed by atoms with Crippen molar-refractivity contribution in [2.24, 2.45) is 0 Å². The molecule has 5 heteroatoms. The van der Waals surface area contributed by atoms with Gasteiger partial charge in [-0.05, 0) is 42.3 Å². The summed E-state index contributed by atoms with van der Waals surface area (Å²) in [6.45, 7) is 1.34. The van der Waals surface area contributed by atoms with E-state index in [1.165, 1.54) is 11.1 Å². The second-order valence-corrected chi connectivity index (χ2v) is 7.42. The minimum Gasteiger partial charge on any atom is -0.494 e. The van der Waals surface area contributed by atoms with Crippen molar-refractivity contribution < 1.29 is 9.53 Å². The Labute approximate surface area is 165 Å². The molecule has 0 bridgehead atoms. The molecular weight excluding hydrogens is 350 g/mol. The third-order valence-corrected chi connectivity index (χ3v) is 5.60. The lowest BCUT2D eigenvalue weighted by atomic mass is 9.93. The van der Waals surface area contributed by atoms with Crippen LogP contribution in [0.3, 0.4) is 0 Å². The van der Waals surface area contributed by atoms with Crippen LogP contribution in [-0.4, -0.2) is 47.9 Å². The number of carbonyl (C=O) groups is 1. The van der Waals surface area contributed by atoms with Gasteiger partial charge in [-0.3, -0.25) is 14.7 Å². The Bertz CT molecular complexity index is 1020. The number of likely N-dealkylation sites (N-methyl/N-ethyl adjacent to an activating group) is 2. The highest BCUT2D eigenvalue weighted by Crippen LogP contribution is 2.28. The number of hydrogen-bond acceptors (Lipinski definition) is 4. The molecule has 1 aromatic heterocycles. The number of benzene rings is 2. The van der Waals surface area contributed by atoms with E-state index in [1.54, 1.807) is 13.3 Å². The maximum Gasteiger partial charge on any atom is 0.240 e. The second-order valence-electron chi connectivity index (χ2n) is 7.42. The van der Waals surface area contributed by atoms with Crippen LogP contribution in [0.25, 0.3) is 10.9 Å². The number of fused-ring (bicyclic) bond motifs is 2. The molecule has 0 spiro atoms. The van der Waals surface area contributed by atoms with Crippen molar-refractivity contribution in [2.75, 3.05) is 21.2 Å². The summed E-state index contributed by atoms with van der Waals surface area (Å²) in [6, 6.07) is 16.1. The Morgan fingerprint density at radius 1 is 1.18 bits per heavy atom. The molecule has 3 aromatic rings. The number of pyridine rings is 1. The molecule has 2 heterocycles. The normalized spacial score (nSPS) is 16.6. The number of amides is 1. The summed E-state index contributed by atoms with van der Waals surface area (Å²) >= 11 is 0. The fourth-order valence-electron chi connectivity index (χ4n) is 4.03. The van der Waals surface area contributed by atoms with Gasteiger partial charge >= 0.3 is 0 Å². The Kier molecular flexibility index (Phi) is 5.01. The van der Waals surface area contributed by atoms with Crippen LogP contribution in [-0.2, 0) is 24.3 Å². The van der Waals surface area contributed by atoms with Gasteiger partial charge in [0, 0.05) is 31.7 Å². The minimum absolute atomic E-state index is 0.137. The van der Waals surface area contributed by atoms with Gasteiger partial charge in [0.25, 0.3) is 0 Å². The van der Waals surface area contributed by atoms with Crippen LogP contribution < -0.4 is 4.74 Å². The van der Waals surface area contributed by atoms with E-state index in [1.807, 2.05) is 49.3 Å². The molecule has 0 radical (unpaired) electrons.